The molecule has 1 aromatic rings. The second-order valence-electron chi connectivity index (χ2n) is 4.01. The Morgan fingerprint density at radius 3 is 2.67 bits per heavy atom. The maximum Gasteiger partial charge on any atom is 0.315 e. The topological polar surface area (TPSA) is 50.4 Å². The lowest BCUT2D eigenvalue weighted by Gasteiger charge is -2.12. The van der Waals surface area contributed by atoms with Crippen LogP contribution in [0.3, 0.4) is 0 Å². The van der Waals surface area contributed by atoms with Gasteiger partial charge >= 0.3 is 6.03 Å². The summed E-state index contributed by atoms with van der Waals surface area (Å²) in [4.78, 5) is 11.4. The number of carbonyl (C=O) groups is 1. The Bertz CT molecular complexity index is 368. The third-order valence-electron chi connectivity index (χ3n) is 2.46. The van der Waals surface area contributed by atoms with Gasteiger partial charge in [-0.05, 0) is 37.6 Å². The first kappa shape index (κ1) is 14.8. The van der Waals surface area contributed by atoms with Crippen LogP contribution in [0.25, 0.3) is 0 Å². The number of amides is 2. The number of ether oxygens (including phenoxy) is 1. The van der Waals surface area contributed by atoms with Crippen LogP contribution in [0.15, 0.2) is 28.7 Å². The van der Waals surface area contributed by atoms with Crippen molar-refractivity contribution < 1.29 is 9.53 Å². The molecule has 2 N–H and O–H groups in total. The van der Waals surface area contributed by atoms with Crippen molar-refractivity contribution in [2.24, 2.45) is 0 Å². The molecule has 0 bridgehead atoms. The maximum atomic E-state index is 11.4. The third-order valence-corrected chi connectivity index (χ3v) is 2.99. The van der Waals surface area contributed by atoms with Crippen molar-refractivity contribution in [3.05, 3.63) is 28.7 Å². The molecule has 1 atom stereocenters. The van der Waals surface area contributed by atoms with Gasteiger partial charge in [0.1, 0.15) is 12.4 Å². The number of hydrogen-bond acceptors (Lipinski definition) is 2. The first-order valence-electron chi connectivity index (χ1n) is 6.04. The van der Waals surface area contributed by atoms with E-state index in [1.165, 1.54) is 0 Å². The molecule has 4 nitrogen and oxygen atoms in total. The molecule has 1 unspecified atom stereocenters. The number of halogens is 1. The Balaban J connectivity index is 2.15. The van der Waals surface area contributed by atoms with E-state index in [0.29, 0.717) is 13.2 Å². The first-order valence-corrected chi connectivity index (χ1v) is 6.84. The zero-order valence-corrected chi connectivity index (χ0v) is 12.3. The van der Waals surface area contributed by atoms with Crippen molar-refractivity contribution >= 4 is 22.0 Å². The number of rotatable bonds is 6. The Kier molecular flexibility index (Phi) is 6.57. The number of benzene rings is 1. The lowest BCUT2D eigenvalue weighted by Crippen LogP contribution is -2.41. The monoisotopic (exact) mass is 314 g/mol. The molecule has 0 heterocycles. The van der Waals surface area contributed by atoms with E-state index in [1.807, 2.05) is 38.1 Å². The SMILES string of the molecule is CCC(C)NC(=O)NCCOc1ccc(Br)cc1. The normalized spacial score (nSPS) is 11.7. The number of nitrogens with one attached hydrogen (secondary N) is 2. The molecular formula is C13H19BrN2O2. The van der Waals surface area contributed by atoms with Gasteiger partial charge in [-0.15, -0.1) is 0 Å². The van der Waals surface area contributed by atoms with E-state index in [-0.39, 0.29) is 12.1 Å². The van der Waals surface area contributed by atoms with Crippen LogP contribution in [0.1, 0.15) is 20.3 Å². The van der Waals surface area contributed by atoms with Gasteiger partial charge in [0.2, 0.25) is 0 Å². The zero-order chi connectivity index (χ0) is 13.4. The van der Waals surface area contributed by atoms with Crippen molar-refractivity contribution in [1.29, 1.82) is 0 Å². The molecule has 18 heavy (non-hydrogen) atoms. The zero-order valence-electron chi connectivity index (χ0n) is 10.7. The predicted octanol–water partition coefficient (Wildman–Crippen LogP) is 2.93. The van der Waals surface area contributed by atoms with Gasteiger partial charge in [0, 0.05) is 10.5 Å². The number of hydrogen-bond donors (Lipinski definition) is 2. The van der Waals surface area contributed by atoms with E-state index in [1.54, 1.807) is 0 Å². The molecule has 0 aliphatic rings. The average Bonchev–Trinajstić information content (AvgIpc) is 2.36. The summed E-state index contributed by atoms with van der Waals surface area (Å²) in [6.45, 7) is 4.94. The lowest BCUT2D eigenvalue weighted by molar-refractivity contribution is 0.233. The number of urea groups is 1. The fourth-order valence-electron chi connectivity index (χ4n) is 1.24. The molecular weight excluding hydrogens is 296 g/mol. The molecule has 0 aromatic heterocycles. The van der Waals surface area contributed by atoms with Crippen LogP contribution in [0.2, 0.25) is 0 Å². The van der Waals surface area contributed by atoms with Crippen LogP contribution >= 0.6 is 15.9 Å². The van der Waals surface area contributed by atoms with Crippen LogP contribution in [-0.4, -0.2) is 25.2 Å². The summed E-state index contributed by atoms with van der Waals surface area (Å²) in [5.41, 5.74) is 0. The molecule has 0 spiro atoms. The predicted molar refractivity (Wildman–Crippen MR) is 75.9 cm³/mol. The minimum Gasteiger partial charge on any atom is -0.492 e. The van der Waals surface area contributed by atoms with E-state index >= 15 is 0 Å². The Morgan fingerprint density at radius 2 is 2.06 bits per heavy atom. The molecule has 0 radical (unpaired) electrons. The van der Waals surface area contributed by atoms with Gasteiger partial charge in [0.15, 0.2) is 0 Å². The Labute approximate surface area is 116 Å². The van der Waals surface area contributed by atoms with E-state index in [4.69, 9.17) is 4.74 Å². The Hall–Kier alpha value is -1.23. The molecule has 0 aliphatic carbocycles. The van der Waals surface area contributed by atoms with Crippen LogP contribution < -0.4 is 15.4 Å². The van der Waals surface area contributed by atoms with Gasteiger partial charge in [0.25, 0.3) is 0 Å². The molecule has 0 aliphatic heterocycles. The van der Waals surface area contributed by atoms with Gasteiger partial charge < -0.3 is 15.4 Å². The number of carbonyl (C=O) groups excluding carboxylic acids is 1. The molecule has 0 saturated carbocycles. The van der Waals surface area contributed by atoms with E-state index in [0.717, 1.165) is 16.6 Å². The van der Waals surface area contributed by atoms with Crippen molar-refractivity contribution in [2.45, 2.75) is 26.3 Å². The minimum atomic E-state index is -0.149. The molecule has 1 aromatic carbocycles. The van der Waals surface area contributed by atoms with Gasteiger partial charge in [-0.1, -0.05) is 22.9 Å². The standard InChI is InChI=1S/C13H19BrN2O2/c1-3-10(2)16-13(17)15-8-9-18-12-6-4-11(14)5-7-12/h4-7,10H,3,8-9H2,1-2H3,(H2,15,16,17). The summed E-state index contributed by atoms with van der Waals surface area (Å²) in [6, 6.07) is 7.63. The van der Waals surface area contributed by atoms with Crippen LogP contribution in [0, 0.1) is 0 Å². The smallest absolute Gasteiger partial charge is 0.315 e. The van der Waals surface area contributed by atoms with Gasteiger partial charge in [-0.2, -0.15) is 0 Å². The highest BCUT2D eigenvalue weighted by Gasteiger charge is 2.03. The molecule has 100 valence electrons. The van der Waals surface area contributed by atoms with E-state index in [2.05, 4.69) is 26.6 Å². The van der Waals surface area contributed by atoms with E-state index in [9.17, 15) is 4.79 Å². The van der Waals surface area contributed by atoms with Crippen molar-refractivity contribution in [3.8, 4) is 5.75 Å². The quantitative estimate of drug-likeness (QED) is 0.793. The molecule has 0 saturated heterocycles. The highest BCUT2D eigenvalue weighted by Crippen LogP contribution is 2.15. The molecule has 1 rings (SSSR count). The maximum absolute atomic E-state index is 11.4. The highest BCUT2D eigenvalue weighted by atomic mass is 79.9. The summed E-state index contributed by atoms with van der Waals surface area (Å²) >= 11 is 3.36. The van der Waals surface area contributed by atoms with E-state index < -0.39 is 0 Å². The molecule has 2 amide bonds. The summed E-state index contributed by atoms with van der Waals surface area (Å²) in [5.74, 6) is 0.794. The van der Waals surface area contributed by atoms with Crippen LogP contribution in [-0.2, 0) is 0 Å². The summed E-state index contributed by atoms with van der Waals surface area (Å²) < 4.78 is 6.49. The van der Waals surface area contributed by atoms with Gasteiger partial charge in [0.05, 0.1) is 6.54 Å². The summed E-state index contributed by atoms with van der Waals surface area (Å²) in [6.07, 6.45) is 0.919. The second-order valence-corrected chi connectivity index (χ2v) is 4.93. The second kappa shape index (κ2) is 7.97. The van der Waals surface area contributed by atoms with Crippen molar-refractivity contribution in [2.75, 3.05) is 13.2 Å². The summed E-state index contributed by atoms with van der Waals surface area (Å²) in [5, 5.41) is 5.57. The van der Waals surface area contributed by atoms with Gasteiger partial charge in [-0.3, -0.25) is 0 Å². The minimum absolute atomic E-state index is 0.149. The lowest BCUT2D eigenvalue weighted by atomic mass is 10.3. The highest BCUT2D eigenvalue weighted by molar-refractivity contribution is 9.10. The fraction of sp³-hybridized carbons (Fsp3) is 0.462. The van der Waals surface area contributed by atoms with Crippen molar-refractivity contribution in [3.63, 3.8) is 0 Å². The first-order chi connectivity index (χ1) is 8.61. The summed E-state index contributed by atoms with van der Waals surface area (Å²) in [7, 11) is 0. The Morgan fingerprint density at radius 1 is 1.39 bits per heavy atom. The van der Waals surface area contributed by atoms with Crippen molar-refractivity contribution in [1.82, 2.24) is 10.6 Å². The largest absolute Gasteiger partial charge is 0.492 e. The average molecular weight is 315 g/mol. The molecule has 0 fully saturated rings. The van der Waals surface area contributed by atoms with Crippen LogP contribution in [0.4, 0.5) is 4.79 Å². The van der Waals surface area contributed by atoms with Crippen LogP contribution in [0.5, 0.6) is 5.75 Å². The fourth-order valence-corrected chi connectivity index (χ4v) is 1.51. The molecule has 5 heteroatoms. The van der Waals surface area contributed by atoms with Gasteiger partial charge in [-0.25, -0.2) is 4.79 Å². The third kappa shape index (κ3) is 5.91.